The molecule has 3 nitrogen and oxygen atoms in total. The summed E-state index contributed by atoms with van der Waals surface area (Å²) in [5.41, 5.74) is 5.36. The summed E-state index contributed by atoms with van der Waals surface area (Å²) in [5.74, 6) is 0.693. The fourth-order valence-corrected chi connectivity index (χ4v) is 4.69. The van der Waals surface area contributed by atoms with Gasteiger partial charge >= 0.3 is 0 Å². The van der Waals surface area contributed by atoms with Gasteiger partial charge in [-0.3, -0.25) is 9.36 Å². The minimum absolute atomic E-state index is 0.111. The van der Waals surface area contributed by atoms with E-state index in [1.165, 1.54) is 5.56 Å². The lowest BCUT2D eigenvalue weighted by Crippen LogP contribution is -2.27. The molecule has 1 heterocycles. The van der Waals surface area contributed by atoms with Gasteiger partial charge in [-0.1, -0.05) is 71.4 Å². The van der Waals surface area contributed by atoms with Crippen LogP contribution in [0.4, 0.5) is 0 Å². The van der Waals surface area contributed by atoms with Crippen LogP contribution in [0.25, 0.3) is 0 Å². The Labute approximate surface area is 168 Å². The average molecular weight is 397 g/mol. The average Bonchev–Trinajstić information content (AvgIpc) is 3.14. The van der Waals surface area contributed by atoms with E-state index < -0.39 is 0 Å². The van der Waals surface area contributed by atoms with Crippen molar-refractivity contribution in [1.82, 2.24) is 9.55 Å². The van der Waals surface area contributed by atoms with Gasteiger partial charge in [-0.25, -0.2) is 4.98 Å². The number of halogens is 1. The first-order chi connectivity index (χ1) is 13.1. The molecule has 0 aliphatic heterocycles. The van der Waals surface area contributed by atoms with Crippen molar-refractivity contribution >= 4 is 23.4 Å². The van der Waals surface area contributed by atoms with Gasteiger partial charge in [0.25, 0.3) is 5.56 Å². The fourth-order valence-electron chi connectivity index (χ4n) is 3.39. The van der Waals surface area contributed by atoms with E-state index in [0.717, 1.165) is 51.8 Å². The maximum absolute atomic E-state index is 13.1. The lowest BCUT2D eigenvalue weighted by Gasteiger charge is -2.14. The van der Waals surface area contributed by atoms with Crippen molar-refractivity contribution in [2.75, 3.05) is 0 Å². The number of benzene rings is 2. The first-order valence-corrected chi connectivity index (χ1v) is 10.5. The second-order valence-corrected chi connectivity index (χ2v) is 8.28. The third-order valence-electron chi connectivity index (χ3n) is 4.93. The Morgan fingerprint density at radius 1 is 1.11 bits per heavy atom. The van der Waals surface area contributed by atoms with E-state index in [1.54, 1.807) is 11.8 Å². The SMILES string of the molecule is Cc1ccc(Cn2c(SCc3ccccc3Cl)nc3c(c2=O)CCC3)cc1. The zero-order valence-electron chi connectivity index (χ0n) is 15.2. The zero-order chi connectivity index (χ0) is 18.8. The first kappa shape index (κ1) is 18.3. The van der Waals surface area contributed by atoms with E-state index >= 15 is 0 Å². The molecule has 1 aromatic heterocycles. The monoisotopic (exact) mass is 396 g/mol. The second kappa shape index (κ2) is 7.91. The van der Waals surface area contributed by atoms with Crippen molar-refractivity contribution < 1.29 is 0 Å². The number of aromatic nitrogens is 2. The molecule has 0 fully saturated rings. The number of fused-ring (bicyclic) bond motifs is 1. The van der Waals surface area contributed by atoms with E-state index in [4.69, 9.17) is 16.6 Å². The minimum atomic E-state index is 0.111. The summed E-state index contributed by atoms with van der Waals surface area (Å²) < 4.78 is 1.83. The number of aryl methyl sites for hydroxylation is 2. The zero-order valence-corrected chi connectivity index (χ0v) is 16.8. The standard InChI is InChI=1S/C22H21ClN2OS/c1-15-9-11-16(12-10-15)13-25-21(26)18-6-4-8-20(18)24-22(25)27-14-17-5-2-3-7-19(17)23/h2-3,5,7,9-12H,4,6,8,13-14H2,1H3. The second-order valence-electron chi connectivity index (χ2n) is 6.93. The lowest BCUT2D eigenvalue weighted by molar-refractivity contribution is 0.631. The molecule has 1 aliphatic carbocycles. The van der Waals surface area contributed by atoms with Crippen LogP contribution in [-0.4, -0.2) is 9.55 Å². The summed E-state index contributed by atoms with van der Waals surface area (Å²) in [4.78, 5) is 18.0. The number of hydrogen-bond acceptors (Lipinski definition) is 3. The molecule has 3 aromatic rings. The molecule has 0 amide bonds. The first-order valence-electron chi connectivity index (χ1n) is 9.16. The molecule has 0 saturated carbocycles. The maximum Gasteiger partial charge on any atom is 0.257 e. The highest BCUT2D eigenvalue weighted by Crippen LogP contribution is 2.27. The van der Waals surface area contributed by atoms with Gasteiger partial charge in [0.15, 0.2) is 5.16 Å². The van der Waals surface area contributed by atoms with Gasteiger partial charge in [0, 0.05) is 16.3 Å². The van der Waals surface area contributed by atoms with Crippen LogP contribution >= 0.6 is 23.4 Å². The Morgan fingerprint density at radius 2 is 1.89 bits per heavy atom. The molecule has 0 N–H and O–H groups in total. The number of rotatable bonds is 5. The van der Waals surface area contributed by atoms with Crippen LogP contribution in [0.5, 0.6) is 0 Å². The third kappa shape index (κ3) is 3.97. The maximum atomic E-state index is 13.1. The molecule has 2 aromatic carbocycles. The molecule has 0 unspecified atom stereocenters. The Hall–Kier alpha value is -2.04. The predicted octanol–water partition coefficient (Wildman–Crippen LogP) is 5.03. The van der Waals surface area contributed by atoms with Crippen LogP contribution in [-0.2, 0) is 25.1 Å². The van der Waals surface area contributed by atoms with Gasteiger partial charge in [0.1, 0.15) is 0 Å². The molecule has 1 aliphatic rings. The Kier molecular flexibility index (Phi) is 5.37. The van der Waals surface area contributed by atoms with Crippen LogP contribution in [0, 0.1) is 6.92 Å². The normalized spacial score (nSPS) is 13.0. The van der Waals surface area contributed by atoms with Gasteiger partial charge in [-0.15, -0.1) is 0 Å². The summed E-state index contributed by atoms with van der Waals surface area (Å²) in [6, 6.07) is 16.2. The number of hydrogen-bond donors (Lipinski definition) is 0. The van der Waals surface area contributed by atoms with Gasteiger partial charge in [-0.2, -0.15) is 0 Å². The molecule has 4 rings (SSSR count). The fraction of sp³-hybridized carbons (Fsp3) is 0.273. The van der Waals surface area contributed by atoms with E-state index in [9.17, 15) is 4.79 Å². The topological polar surface area (TPSA) is 34.9 Å². The van der Waals surface area contributed by atoms with Crippen molar-refractivity contribution in [2.24, 2.45) is 0 Å². The van der Waals surface area contributed by atoms with E-state index in [2.05, 4.69) is 31.2 Å². The summed E-state index contributed by atoms with van der Waals surface area (Å²) in [5, 5.41) is 1.53. The highest BCUT2D eigenvalue weighted by Gasteiger charge is 2.21. The lowest BCUT2D eigenvalue weighted by atomic mass is 10.1. The number of nitrogens with zero attached hydrogens (tertiary/aromatic N) is 2. The molecular formula is C22H21ClN2OS. The smallest absolute Gasteiger partial charge is 0.257 e. The van der Waals surface area contributed by atoms with Crippen molar-refractivity contribution in [3.8, 4) is 0 Å². The molecule has 138 valence electrons. The van der Waals surface area contributed by atoms with Gasteiger partial charge < -0.3 is 0 Å². The van der Waals surface area contributed by atoms with Gasteiger partial charge in [-0.05, 0) is 43.4 Å². The van der Waals surface area contributed by atoms with E-state index in [1.807, 2.05) is 28.8 Å². The number of thioether (sulfide) groups is 1. The van der Waals surface area contributed by atoms with E-state index in [-0.39, 0.29) is 5.56 Å². The predicted molar refractivity (Wildman–Crippen MR) is 112 cm³/mol. The van der Waals surface area contributed by atoms with Crippen LogP contribution < -0.4 is 5.56 Å². The highest BCUT2D eigenvalue weighted by molar-refractivity contribution is 7.98. The Morgan fingerprint density at radius 3 is 2.67 bits per heavy atom. The van der Waals surface area contributed by atoms with Crippen LogP contribution in [0.2, 0.25) is 5.02 Å². The van der Waals surface area contributed by atoms with Crippen molar-refractivity contribution in [3.05, 3.63) is 91.9 Å². The van der Waals surface area contributed by atoms with Gasteiger partial charge in [0.2, 0.25) is 0 Å². The summed E-state index contributed by atoms with van der Waals surface area (Å²) in [6.45, 7) is 2.61. The van der Waals surface area contributed by atoms with Crippen LogP contribution in [0.3, 0.4) is 0 Å². The Bertz CT molecular complexity index is 1030. The molecule has 0 spiro atoms. The summed E-state index contributed by atoms with van der Waals surface area (Å²) in [7, 11) is 0. The third-order valence-corrected chi connectivity index (χ3v) is 6.32. The van der Waals surface area contributed by atoms with Gasteiger partial charge in [0.05, 0.1) is 12.2 Å². The van der Waals surface area contributed by atoms with E-state index in [0.29, 0.717) is 12.3 Å². The molecule has 5 heteroatoms. The van der Waals surface area contributed by atoms with Crippen LogP contribution in [0.1, 0.15) is 34.4 Å². The minimum Gasteiger partial charge on any atom is -0.283 e. The molecule has 0 radical (unpaired) electrons. The van der Waals surface area contributed by atoms with Crippen molar-refractivity contribution in [1.29, 1.82) is 0 Å². The quantitative estimate of drug-likeness (QED) is 0.448. The van der Waals surface area contributed by atoms with Crippen molar-refractivity contribution in [3.63, 3.8) is 0 Å². The molecule has 27 heavy (non-hydrogen) atoms. The van der Waals surface area contributed by atoms with Crippen molar-refractivity contribution in [2.45, 2.75) is 43.6 Å². The molecule has 0 atom stereocenters. The molecule has 0 saturated heterocycles. The molecular weight excluding hydrogens is 376 g/mol. The van der Waals surface area contributed by atoms with Crippen LogP contribution in [0.15, 0.2) is 58.5 Å². The summed E-state index contributed by atoms with van der Waals surface area (Å²) >= 11 is 7.88. The molecule has 0 bridgehead atoms. The summed E-state index contributed by atoms with van der Waals surface area (Å²) in [6.07, 6.45) is 2.75. The Balaban J connectivity index is 1.69. The largest absolute Gasteiger partial charge is 0.283 e. The highest BCUT2D eigenvalue weighted by atomic mass is 35.5.